The molecule has 4 aliphatic rings. The lowest BCUT2D eigenvalue weighted by Gasteiger charge is -2.53. The standard InChI is InChI=1S/C13H16F2O5S/c14-13(15,21(18)19)6-20-11(17)12-3-7-1-8(4-12)10(16)9(2-7)5-12/h7-9H,1-6H2,(H,18,19)/p-1. The molecule has 0 aromatic carbocycles. The number of hydrogen-bond donors (Lipinski definition) is 0. The van der Waals surface area contributed by atoms with Gasteiger partial charge < -0.3 is 9.29 Å². The van der Waals surface area contributed by atoms with E-state index in [0.717, 1.165) is 12.8 Å². The summed E-state index contributed by atoms with van der Waals surface area (Å²) in [6.45, 7) is -1.46. The molecule has 0 heterocycles. The summed E-state index contributed by atoms with van der Waals surface area (Å²) >= 11 is -3.62. The molecule has 21 heavy (non-hydrogen) atoms. The van der Waals surface area contributed by atoms with E-state index in [0.29, 0.717) is 19.3 Å². The molecule has 3 atom stereocenters. The van der Waals surface area contributed by atoms with E-state index in [1.165, 1.54) is 0 Å². The molecule has 0 spiro atoms. The fourth-order valence-corrected chi connectivity index (χ4v) is 4.50. The fourth-order valence-electron chi connectivity index (χ4n) is 4.35. The van der Waals surface area contributed by atoms with E-state index in [1.807, 2.05) is 0 Å². The largest absolute Gasteiger partial charge is 0.768 e. The van der Waals surface area contributed by atoms with Crippen LogP contribution in [-0.4, -0.2) is 32.4 Å². The molecule has 0 N–H and O–H groups in total. The molecular weight excluding hydrogens is 306 g/mol. The number of Topliss-reactive ketones (excluding diaryl/α,β-unsaturated/α-hetero) is 1. The number of ketones is 1. The van der Waals surface area contributed by atoms with E-state index in [1.54, 1.807) is 0 Å². The van der Waals surface area contributed by atoms with Gasteiger partial charge in [-0.15, -0.1) is 0 Å². The molecule has 0 aromatic heterocycles. The second-order valence-electron chi connectivity index (χ2n) is 6.47. The minimum Gasteiger partial charge on any atom is -0.768 e. The Morgan fingerprint density at radius 2 is 1.90 bits per heavy atom. The summed E-state index contributed by atoms with van der Waals surface area (Å²) < 4.78 is 51.3. The summed E-state index contributed by atoms with van der Waals surface area (Å²) in [5.74, 6) is -0.669. The van der Waals surface area contributed by atoms with Crippen molar-refractivity contribution in [2.75, 3.05) is 6.61 Å². The van der Waals surface area contributed by atoms with Crippen LogP contribution in [0.4, 0.5) is 8.78 Å². The highest BCUT2D eigenvalue weighted by atomic mass is 32.2. The summed E-state index contributed by atoms with van der Waals surface area (Å²) in [4.78, 5) is 24.2. The number of carbonyl (C=O) groups is 2. The monoisotopic (exact) mass is 321 g/mol. The van der Waals surface area contributed by atoms with Crippen LogP contribution in [-0.2, 0) is 25.4 Å². The summed E-state index contributed by atoms with van der Waals surface area (Å²) in [6, 6.07) is 0. The Morgan fingerprint density at radius 3 is 2.43 bits per heavy atom. The Labute approximate surface area is 122 Å². The zero-order valence-electron chi connectivity index (χ0n) is 11.2. The molecule has 3 unspecified atom stereocenters. The highest BCUT2D eigenvalue weighted by molar-refractivity contribution is 7.80. The van der Waals surface area contributed by atoms with Crippen molar-refractivity contribution in [1.82, 2.24) is 0 Å². The molecule has 118 valence electrons. The van der Waals surface area contributed by atoms with Gasteiger partial charge in [0.15, 0.2) is 6.61 Å². The fraction of sp³-hybridized carbons (Fsp3) is 0.846. The van der Waals surface area contributed by atoms with Crippen LogP contribution in [0.2, 0.25) is 0 Å². The lowest BCUT2D eigenvalue weighted by Crippen LogP contribution is -2.55. The van der Waals surface area contributed by atoms with Gasteiger partial charge in [-0.1, -0.05) is 0 Å². The predicted octanol–water partition coefficient (Wildman–Crippen LogP) is 1.40. The molecule has 4 aliphatic carbocycles. The van der Waals surface area contributed by atoms with Crippen molar-refractivity contribution >= 4 is 22.8 Å². The maximum absolute atomic E-state index is 13.0. The van der Waals surface area contributed by atoms with Gasteiger partial charge in [-0.2, -0.15) is 8.78 Å². The number of hydrogen-bond acceptors (Lipinski definition) is 5. The van der Waals surface area contributed by atoms with E-state index < -0.39 is 34.3 Å². The molecule has 4 bridgehead atoms. The van der Waals surface area contributed by atoms with E-state index >= 15 is 0 Å². The van der Waals surface area contributed by atoms with Gasteiger partial charge in [-0.05, 0) is 38.0 Å². The highest BCUT2D eigenvalue weighted by Crippen LogP contribution is 2.59. The minimum atomic E-state index is -4.08. The number of ether oxygens (including phenoxy) is 1. The first kappa shape index (κ1) is 15.0. The van der Waals surface area contributed by atoms with Crippen molar-refractivity contribution in [3.05, 3.63) is 0 Å². The zero-order chi connectivity index (χ0) is 15.4. The highest BCUT2D eigenvalue weighted by Gasteiger charge is 2.59. The third kappa shape index (κ3) is 2.42. The van der Waals surface area contributed by atoms with Gasteiger partial charge in [-0.3, -0.25) is 13.8 Å². The van der Waals surface area contributed by atoms with Crippen molar-refractivity contribution in [1.29, 1.82) is 0 Å². The van der Waals surface area contributed by atoms with Crippen molar-refractivity contribution in [3.63, 3.8) is 0 Å². The summed E-state index contributed by atoms with van der Waals surface area (Å²) in [6.07, 6.45) is 2.79. The first-order chi connectivity index (χ1) is 9.73. The Balaban J connectivity index is 1.71. The maximum Gasteiger partial charge on any atom is 0.342 e. The molecule has 0 radical (unpaired) electrons. The molecule has 4 saturated carbocycles. The van der Waals surface area contributed by atoms with Crippen molar-refractivity contribution < 1.29 is 31.9 Å². The molecule has 5 nitrogen and oxygen atoms in total. The lowest BCUT2D eigenvalue weighted by molar-refractivity contribution is -0.178. The first-order valence-corrected chi connectivity index (χ1v) is 7.99. The van der Waals surface area contributed by atoms with Crippen molar-refractivity contribution in [2.45, 2.75) is 37.4 Å². The second kappa shape index (κ2) is 4.81. The van der Waals surface area contributed by atoms with E-state index in [9.17, 15) is 27.1 Å². The third-order valence-electron chi connectivity index (χ3n) is 5.04. The Hall–Kier alpha value is -0.890. The molecule has 0 aromatic rings. The summed E-state index contributed by atoms with van der Waals surface area (Å²) in [5.41, 5.74) is -0.870. The third-order valence-corrected chi connectivity index (χ3v) is 5.65. The zero-order valence-corrected chi connectivity index (χ0v) is 12.0. The quantitative estimate of drug-likeness (QED) is 0.577. The number of alkyl halides is 2. The van der Waals surface area contributed by atoms with Crippen LogP contribution >= 0.6 is 0 Å². The first-order valence-electron chi connectivity index (χ1n) is 6.92. The predicted molar refractivity (Wildman–Crippen MR) is 65.8 cm³/mol. The average Bonchev–Trinajstić information content (AvgIpc) is 2.41. The molecule has 0 saturated heterocycles. The van der Waals surface area contributed by atoms with E-state index in [4.69, 9.17) is 0 Å². The van der Waals surface area contributed by atoms with Crippen LogP contribution < -0.4 is 0 Å². The van der Waals surface area contributed by atoms with Gasteiger partial charge in [0.2, 0.25) is 0 Å². The summed E-state index contributed by atoms with van der Waals surface area (Å²) in [5, 5.41) is -4.08. The van der Waals surface area contributed by atoms with Gasteiger partial charge >= 0.3 is 11.2 Å². The van der Waals surface area contributed by atoms with Crippen LogP contribution in [0.3, 0.4) is 0 Å². The van der Waals surface area contributed by atoms with Gasteiger partial charge in [0.25, 0.3) is 0 Å². The van der Waals surface area contributed by atoms with E-state index in [2.05, 4.69) is 4.74 Å². The molecule has 8 heteroatoms. The van der Waals surface area contributed by atoms with Crippen molar-refractivity contribution in [3.8, 4) is 0 Å². The smallest absolute Gasteiger partial charge is 0.342 e. The molecule has 4 fully saturated rings. The van der Waals surface area contributed by atoms with Gasteiger partial charge in [0.1, 0.15) is 5.78 Å². The van der Waals surface area contributed by atoms with Crippen LogP contribution in [0.5, 0.6) is 0 Å². The molecule has 0 aliphatic heterocycles. The number of carbonyl (C=O) groups excluding carboxylic acids is 2. The lowest BCUT2D eigenvalue weighted by atomic mass is 9.49. The normalized spacial score (nSPS) is 39.4. The van der Waals surface area contributed by atoms with Crippen LogP contribution in [0, 0.1) is 23.2 Å². The Morgan fingerprint density at radius 1 is 1.33 bits per heavy atom. The Bertz CT molecular complexity index is 503. The SMILES string of the molecule is O=C1C2CC3CC1CC(C(=O)OCC(F)(F)S(=O)[O-])(C3)C2. The minimum absolute atomic E-state index is 0.169. The Kier molecular flexibility index (Phi) is 3.44. The van der Waals surface area contributed by atoms with Crippen LogP contribution in [0.1, 0.15) is 32.1 Å². The van der Waals surface area contributed by atoms with Gasteiger partial charge in [0.05, 0.1) is 5.41 Å². The topological polar surface area (TPSA) is 83.5 Å². The van der Waals surface area contributed by atoms with Crippen molar-refractivity contribution in [2.24, 2.45) is 23.2 Å². The second-order valence-corrected chi connectivity index (χ2v) is 7.54. The average molecular weight is 321 g/mol. The molecular formula is C13H15F2O5S-. The number of rotatable bonds is 4. The number of halogens is 2. The van der Waals surface area contributed by atoms with Crippen LogP contribution in [0.25, 0.3) is 0 Å². The number of esters is 1. The maximum atomic E-state index is 13.0. The van der Waals surface area contributed by atoms with Gasteiger partial charge in [0, 0.05) is 22.9 Å². The molecule has 0 amide bonds. The van der Waals surface area contributed by atoms with Gasteiger partial charge in [-0.25, -0.2) is 0 Å². The van der Waals surface area contributed by atoms with E-state index in [-0.39, 0.29) is 23.5 Å². The summed E-state index contributed by atoms with van der Waals surface area (Å²) in [7, 11) is 0. The van der Waals surface area contributed by atoms with Crippen LogP contribution in [0.15, 0.2) is 0 Å². The molecule has 4 rings (SSSR count).